The van der Waals surface area contributed by atoms with Gasteiger partial charge in [-0.2, -0.15) is 18.3 Å². The van der Waals surface area contributed by atoms with E-state index in [0.29, 0.717) is 48.5 Å². The zero-order valence-corrected chi connectivity index (χ0v) is 28.0. The van der Waals surface area contributed by atoms with Crippen molar-refractivity contribution < 1.29 is 37.0 Å². The number of pyridine rings is 1. The maximum Gasteiger partial charge on any atom is 0.433 e. The Hall–Kier alpha value is -4.65. The molecule has 3 heterocycles. The summed E-state index contributed by atoms with van der Waals surface area (Å²) in [5, 5.41) is 8.19. The number of hydrogen-bond donors (Lipinski definition) is 1. The van der Waals surface area contributed by atoms with Crippen molar-refractivity contribution in [2.75, 3.05) is 38.7 Å². The minimum atomic E-state index is -4.66. The molecule has 0 spiro atoms. The molecule has 2 aliphatic rings. The van der Waals surface area contributed by atoms with Crippen LogP contribution in [0.25, 0.3) is 10.9 Å². The number of hydrogen-bond acceptors (Lipinski definition) is 7. The second-order valence-electron chi connectivity index (χ2n) is 13.1. The molecule has 1 N–H and O–H groups in total. The molecule has 1 aliphatic carbocycles. The topological polar surface area (TPSA) is 108 Å². The first kappa shape index (κ1) is 35.2. The van der Waals surface area contributed by atoms with Crippen LogP contribution in [0.4, 0.5) is 23.7 Å². The van der Waals surface area contributed by atoms with E-state index in [1.54, 1.807) is 17.0 Å². The molecule has 0 radical (unpaired) electrons. The van der Waals surface area contributed by atoms with Crippen molar-refractivity contribution in [2.24, 2.45) is 11.8 Å². The first-order chi connectivity index (χ1) is 24.2. The van der Waals surface area contributed by atoms with Crippen molar-refractivity contribution in [2.45, 2.75) is 63.8 Å². The molecule has 0 atom stereocenters. The van der Waals surface area contributed by atoms with Crippen molar-refractivity contribution >= 4 is 28.6 Å². The van der Waals surface area contributed by atoms with E-state index in [-0.39, 0.29) is 17.8 Å². The van der Waals surface area contributed by atoms with Gasteiger partial charge in [0.15, 0.2) is 0 Å². The lowest BCUT2D eigenvalue weighted by atomic mass is 9.86. The van der Waals surface area contributed by atoms with Crippen molar-refractivity contribution in [3.05, 3.63) is 83.8 Å². The third-order valence-corrected chi connectivity index (χ3v) is 9.66. The molecule has 10 nitrogen and oxygen atoms in total. The van der Waals surface area contributed by atoms with Crippen LogP contribution >= 0.6 is 0 Å². The Morgan fingerprint density at radius 1 is 0.940 bits per heavy atom. The number of nitrogens with zero attached hydrogens (tertiary/aromatic N) is 4. The number of aromatic nitrogens is 3. The summed E-state index contributed by atoms with van der Waals surface area (Å²) in [5.74, 6) is 0.603. The molecule has 2 fully saturated rings. The van der Waals surface area contributed by atoms with Crippen LogP contribution in [0.15, 0.2) is 66.9 Å². The number of anilines is 1. The molecular formula is C37H42F3N5O5. The smallest absolute Gasteiger partial charge is 0.433 e. The highest BCUT2D eigenvalue weighted by atomic mass is 19.4. The maximum absolute atomic E-state index is 13.1. The van der Waals surface area contributed by atoms with Gasteiger partial charge < -0.3 is 24.4 Å². The normalized spacial score (nSPS) is 18.6. The third-order valence-electron chi connectivity index (χ3n) is 9.66. The number of amides is 2. The number of alkyl halides is 3. The number of halogens is 3. The number of rotatable bonds is 11. The Morgan fingerprint density at radius 3 is 2.42 bits per heavy atom. The molecule has 1 aliphatic heterocycles. The zero-order chi connectivity index (χ0) is 35.1. The van der Waals surface area contributed by atoms with Gasteiger partial charge in [-0.1, -0.05) is 36.4 Å². The quantitative estimate of drug-likeness (QED) is 0.159. The van der Waals surface area contributed by atoms with Gasteiger partial charge in [0.05, 0.1) is 24.4 Å². The summed E-state index contributed by atoms with van der Waals surface area (Å²) in [6, 6.07) is 16.6. The van der Waals surface area contributed by atoms with Gasteiger partial charge in [-0.15, -0.1) is 0 Å². The van der Waals surface area contributed by atoms with E-state index >= 15 is 0 Å². The SMILES string of the molecule is COc1cc2nn([C@H]3CC[C@H](COCCC4CCN(C(=O)OCc5ccccc5)CC4)CC3)cc2cc1NC(=O)c1cccc(C(F)(F)F)n1. The van der Waals surface area contributed by atoms with Crippen LogP contribution in [0.1, 0.15) is 72.7 Å². The van der Waals surface area contributed by atoms with Crippen molar-refractivity contribution in [1.82, 2.24) is 19.7 Å². The average molecular weight is 694 g/mol. The molecule has 2 aromatic heterocycles. The summed E-state index contributed by atoms with van der Waals surface area (Å²) < 4.78 is 58.3. The second-order valence-corrected chi connectivity index (χ2v) is 13.1. The molecule has 50 heavy (non-hydrogen) atoms. The number of carbonyl (C=O) groups is 2. The number of piperidine rings is 1. The van der Waals surface area contributed by atoms with Crippen LogP contribution in [0.3, 0.4) is 0 Å². The molecular weight excluding hydrogens is 651 g/mol. The Bertz CT molecular complexity index is 1750. The fourth-order valence-corrected chi connectivity index (χ4v) is 6.72. The fourth-order valence-electron chi connectivity index (χ4n) is 6.72. The largest absolute Gasteiger partial charge is 0.494 e. The first-order valence-corrected chi connectivity index (χ1v) is 17.1. The molecule has 4 aromatic rings. The lowest BCUT2D eigenvalue weighted by Gasteiger charge is -2.31. The lowest BCUT2D eigenvalue weighted by Crippen LogP contribution is -2.39. The van der Waals surface area contributed by atoms with Crippen LogP contribution in [0.5, 0.6) is 5.75 Å². The van der Waals surface area contributed by atoms with E-state index in [9.17, 15) is 22.8 Å². The summed E-state index contributed by atoms with van der Waals surface area (Å²) in [4.78, 5) is 30.5. The first-order valence-electron chi connectivity index (χ1n) is 17.1. The van der Waals surface area contributed by atoms with Crippen LogP contribution in [0.2, 0.25) is 0 Å². The van der Waals surface area contributed by atoms with Gasteiger partial charge in [0.2, 0.25) is 0 Å². The van der Waals surface area contributed by atoms with Crippen LogP contribution < -0.4 is 10.1 Å². The summed E-state index contributed by atoms with van der Waals surface area (Å²) in [6.45, 7) is 3.17. The minimum Gasteiger partial charge on any atom is -0.494 e. The van der Waals surface area contributed by atoms with E-state index in [1.165, 1.54) is 13.2 Å². The molecule has 2 amide bonds. The minimum absolute atomic E-state index is 0.224. The van der Waals surface area contributed by atoms with Gasteiger partial charge in [-0.05, 0) is 80.5 Å². The van der Waals surface area contributed by atoms with Crippen LogP contribution in [-0.2, 0) is 22.3 Å². The second kappa shape index (κ2) is 15.9. The van der Waals surface area contributed by atoms with Gasteiger partial charge in [0.25, 0.3) is 5.91 Å². The highest BCUT2D eigenvalue weighted by Crippen LogP contribution is 2.36. The number of nitrogens with one attached hydrogen (secondary N) is 1. The third kappa shape index (κ3) is 8.92. The Balaban J connectivity index is 0.924. The van der Waals surface area contributed by atoms with Crippen LogP contribution in [0, 0.1) is 11.8 Å². The highest BCUT2D eigenvalue weighted by molar-refractivity contribution is 6.05. The van der Waals surface area contributed by atoms with E-state index in [1.807, 2.05) is 41.2 Å². The van der Waals surface area contributed by atoms with Gasteiger partial charge >= 0.3 is 12.3 Å². The molecule has 1 saturated heterocycles. The molecule has 13 heteroatoms. The van der Waals surface area contributed by atoms with E-state index in [4.69, 9.17) is 19.3 Å². The number of likely N-dealkylation sites (tertiary alicyclic amines) is 1. The Labute approximate surface area is 288 Å². The van der Waals surface area contributed by atoms with E-state index in [2.05, 4.69) is 10.3 Å². The monoisotopic (exact) mass is 693 g/mol. The zero-order valence-electron chi connectivity index (χ0n) is 28.0. The summed E-state index contributed by atoms with van der Waals surface area (Å²) in [7, 11) is 1.45. The van der Waals surface area contributed by atoms with Crippen molar-refractivity contribution in [3.63, 3.8) is 0 Å². The summed E-state index contributed by atoms with van der Waals surface area (Å²) in [6.07, 6.45) is 3.91. The molecule has 6 rings (SSSR count). The lowest BCUT2D eigenvalue weighted by molar-refractivity contribution is -0.141. The number of ether oxygens (including phenoxy) is 3. The molecule has 2 aromatic carbocycles. The maximum atomic E-state index is 13.1. The number of methoxy groups -OCH3 is 1. The molecule has 1 saturated carbocycles. The molecule has 0 unspecified atom stereocenters. The Kier molecular flexibility index (Phi) is 11.2. The van der Waals surface area contributed by atoms with Gasteiger partial charge in [-0.3, -0.25) is 9.48 Å². The average Bonchev–Trinajstić information content (AvgIpc) is 3.55. The molecule has 0 bridgehead atoms. The van der Waals surface area contributed by atoms with Gasteiger partial charge in [0, 0.05) is 44.0 Å². The van der Waals surface area contributed by atoms with Crippen LogP contribution in [-0.4, -0.2) is 65.1 Å². The standard InChI is InChI=1S/C37H42F3N5O5/c1-48-33-21-31-28(20-32(33)42-35(46)30-8-5-9-34(41-30)37(38,39)40)22-45(43-31)29-12-10-27(11-13-29)23-49-19-16-25-14-17-44(18-15-25)36(47)50-24-26-6-3-2-4-7-26/h2-9,20-22,25,27,29H,10-19,23-24H2,1H3,(H,42,46)/t27-,29-. The fraction of sp³-hybridized carbons (Fsp3) is 0.459. The predicted octanol–water partition coefficient (Wildman–Crippen LogP) is 7.90. The Morgan fingerprint density at radius 2 is 1.70 bits per heavy atom. The van der Waals surface area contributed by atoms with Crippen molar-refractivity contribution in [1.29, 1.82) is 0 Å². The van der Waals surface area contributed by atoms with E-state index in [0.717, 1.165) is 81.2 Å². The van der Waals surface area contributed by atoms with E-state index < -0.39 is 17.8 Å². The van der Waals surface area contributed by atoms with Gasteiger partial charge in [-0.25, -0.2) is 9.78 Å². The number of benzene rings is 2. The predicted molar refractivity (Wildman–Crippen MR) is 181 cm³/mol. The number of carbonyl (C=O) groups excluding carboxylic acids is 2. The molecule has 266 valence electrons. The summed E-state index contributed by atoms with van der Waals surface area (Å²) >= 11 is 0. The highest BCUT2D eigenvalue weighted by Gasteiger charge is 2.33. The van der Waals surface area contributed by atoms with Crippen molar-refractivity contribution in [3.8, 4) is 5.75 Å². The summed E-state index contributed by atoms with van der Waals surface area (Å²) in [5.41, 5.74) is 0.506. The number of fused-ring (bicyclic) bond motifs is 1. The van der Waals surface area contributed by atoms with Gasteiger partial charge in [0.1, 0.15) is 23.7 Å².